The number of hydrogen-bond acceptors (Lipinski definition) is 4. The summed E-state index contributed by atoms with van der Waals surface area (Å²) in [6.07, 6.45) is 7.21. The van der Waals surface area contributed by atoms with Crippen molar-refractivity contribution in [3.8, 4) is 5.82 Å². The predicted molar refractivity (Wildman–Crippen MR) is 77.7 cm³/mol. The van der Waals surface area contributed by atoms with E-state index in [1.165, 1.54) is 5.56 Å². The van der Waals surface area contributed by atoms with Crippen LogP contribution in [0.5, 0.6) is 0 Å². The Bertz CT molecular complexity index is 614. The van der Waals surface area contributed by atoms with Crippen LogP contribution in [-0.2, 0) is 0 Å². The molecular weight excluding hydrogens is 256 g/mol. The third-order valence-corrected chi connectivity index (χ3v) is 3.64. The van der Waals surface area contributed by atoms with Gasteiger partial charge >= 0.3 is 0 Å². The summed E-state index contributed by atoms with van der Waals surface area (Å²) in [6, 6.07) is 6.43. The van der Waals surface area contributed by atoms with E-state index in [4.69, 9.17) is 0 Å². The van der Waals surface area contributed by atoms with Crippen molar-refractivity contribution in [2.24, 2.45) is 0 Å². The van der Waals surface area contributed by atoms with Gasteiger partial charge in [0.15, 0.2) is 0 Å². The fraction of sp³-hybridized carbons (Fsp3) is 0.143. The van der Waals surface area contributed by atoms with E-state index in [0.717, 1.165) is 11.5 Å². The van der Waals surface area contributed by atoms with Crippen LogP contribution in [0, 0.1) is 0 Å². The van der Waals surface area contributed by atoms with E-state index in [1.54, 1.807) is 23.9 Å². The maximum absolute atomic E-state index is 4.42. The third-order valence-electron chi connectivity index (χ3n) is 2.94. The molecule has 0 spiro atoms. The van der Waals surface area contributed by atoms with E-state index in [2.05, 4.69) is 39.0 Å². The van der Waals surface area contributed by atoms with Crippen molar-refractivity contribution in [2.45, 2.75) is 13.0 Å². The molecule has 0 bridgehead atoms. The number of nitrogens with one attached hydrogen (secondary N) is 1. The highest BCUT2D eigenvalue weighted by Crippen LogP contribution is 2.21. The van der Waals surface area contributed by atoms with Crippen LogP contribution >= 0.6 is 11.3 Å². The molecule has 0 aliphatic rings. The van der Waals surface area contributed by atoms with Gasteiger partial charge in [-0.05, 0) is 41.4 Å². The molecule has 3 rings (SSSR count). The zero-order valence-electron chi connectivity index (χ0n) is 10.5. The number of aromatic nitrogens is 3. The highest BCUT2D eigenvalue weighted by atomic mass is 32.1. The second-order valence-electron chi connectivity index (χ2n) is 4.30. The SMILES string of the molecule is CC(Nc1ccc(-n2ccnc2)nc1)c1ccsc1. The monoisotopic (exact) mass is 270 g/mol. The first kappa shape index (κ1) is 11.9. The van der Waals surface area contributed by atoms with Crippen LogP contribution < -0.4 is 5.32 Å². The molecule has 1 unspecified atom stereocenters. The normalized spacial score (nSPS) is 12.3. The van der Waals surface area contributed by atoms with E-state index in [-0.39, 0.29) is 6.04 Å². The fourth-order valence-corrected chi connectivity index (χ4v) is 2.63. The lowest BCUT2D eigenvalue weighted by Crippen LogP contribution is -2.06. The molecule has 5 heteroatoms. The standard InChI is InChI=1S/C14H14N4S/c1-11(12-4-7-19-9-12)17-13-2-3-14(16-8-13)18-6-5-15-10-18/h2-11,17H,1H3. The second kappa shape index (κ2) is 5.24. The highest BCUT2D eigenvalue weighted by molar-refractivity contribution is 7.07. The molecule has 0 aliphatic heterocycles. The summed E-state index contributed by atoms with van der Waals surface area (Å²) in [4.78, 5) is 8.43. The maximum atomic E-state index is 4.42. The minimum Gasteiger partial charge on any atom is -0.377 e. The van der Waals surface area contributed by atoms with Crippen LogP contribution in [0.25, 0.3) is 5.82 Å². The molecule has 0 saturated heterocycles. The Morgan fingerprint density at radius 2 is 2.26 bits per heavy atom. The number of thiophene rings is 1. The summed E-state index contributed by atoms with van der Waals surface area (Å²) in [7, 11) is 0. The number of nitrogens with zero attached hydrogens (tertiary/aromatic N) is 3. The van der Waals surface area contributed by atoms with E-state index in [9.17, 15) is 0 Å². The van der Waals surface area contributed by atoms with E-state index in [1.807, 2.05) is 29.1 Å². The minimum absolute atomic E-state index is 0.284. The van der Waals surface area contributed by atoms with Crippen LogP contribution in [0.4, 0.5) is 5.69 Å². The zero-order valence-corrected chi connectivity index (χ0v) is 11.3. The van der Waals surface area contributed by atoms with Gasteiger partial charge < -0.3 is 5.32 Å². The van der Waals surface area contributed by atoms with E-state index >= 15 is 0 Å². The van der Waals surface area contributed by atoms with Crippen LogP contribution in [-0.4, -0.2) is 14.5 Å². The fourth-order valence-electron chi connectivity index (χ4n) is 1.87. The zero-order chi connectivity index (χ0) is 13.1. The summed E-state index contributed by atoms with van der Waals surface area (Å²) in [5, 5.41) is 7.68. The van der Waals surface area contributed by atoms with Gasteiger partial charge in [-0.1, -0.05) is 0 Å². The molecular formula is C14H14N4S. The number of rotatable bonds is 4. The molecule has 3 aromatic heterocycles. The summed E-state index contributed by atoms with van der Waals surface area (Å²) >= 11 is 1.71. The van der Waals surface area contributed by atoms with Gasteiger partial charge in [-0.3, -0.25) is 4.57 Å². The largest absolute Gasteiger partial charge is 0.377 e. The average molecular weight is 270 g/mol. The summed E-state index contributed by atoms with van der Waals surface area (Å²) in [5.41, 5.74) is 2.31. The summed E-state index contributed by atoms with van der Waals surface area (Å²) < 4.78 is 1.88. The topological polar surface area (TPSA) is 42.7 Å². The van der Waals surface area contributed by atoms with Gasteiger partial charge in [0.2, 0.25) is 0 Å². The smallest absolute Gasteiger partial charge is 0.137 e. The first-order valence-electron chi connectivity index (χ1n) is 6.06. The Morgan fingerprint density at radius 3 is 2.89 bits per heavy atom. The van der Waals surface area contributed by atoms with Crippen molar-refractivity contribution in [3.05, 3.63) is 59.4 Å². The Kier molecular flexibility index (Phi) is 3.29. The van der Waals surface area contributed by atoms with E-state index in [0.29, 0.717) is 0 Å². The van der Waals surface area contributed by atoms with Crippen molar-refractivity contribution >= 4 is 17.0 Å². The molecule has 1 N–H and O–H groups in total. The predicted octanol–water partition coefficient (Wildman–Crippen LogP) is 3.50. The molecule has 0 amide bonds. The van der Waals surface area contributed by atoms with Gasteiger partial charge in [0.05, 0.1) is 11.9 Å². The highest BCUT2D eigenvalue weighted by Gasteiger charge is 2.05. The van der Waals surface area contributed by atoms with Crippen LogP contribution in [0.15, 0.2) is 53.9 Å². The molecule has 0 aliphatic carbocycles. The summed E-state index contributed by atoms with van der Waals surface area (Å²) in [6.45, 7) is 2.14. The number of imidazole rings is 1. The van der Waals surface area contributed by atoms with Gasteiger partial charge in [0, 0.05) is 18.4 Å². The van der Waals surface area contributed by atoms with Gasteiger partial charge in [-0.15, -0.1) is 0 Å². The van der Waals surface area contributed by atoms with E-state index < -0.39 is 0 Å². The minimum atomic E-state index is 0.284. The molecule has 3 aromatic rings. The van der Waals surface area contributed by atoms with Crippen molar-refractivity contribution in [1.82, 2.24) is 14.5 Å². The Morgan fingerprint density at radius 1 is 1.32 bits per heavy atom. The second-order valence-corrected chi connectivity index (χ2v) is 5.08. The summed E-state index contributed by atoms with van der Waals surface area (Å²) in [5.74, 6) is 0.867. The van der Waals surface area contributed by atoms with Gasteiger partial charge in [-0.25, -0.2) is 9.97 Å². The number of hydrogen-bond donors (Lipinski definition) is 1. The average Bonchev–Trinajstić information content (AvgIpc) is 3.13. The third kappa shape index (κ3) is 2.66. The van der Waals surface area contributed by atoms with Crippen molar-refractivity contribution in [1.29, 1.82) is 0 Å². The number of pyridine rings is 1. The first-order valence-corrected chi connectivity index (χ1v) is 7.00. The Hall–Kier alpha value is -2.14. The van der Waals surface area contributed by atoms with Crippen LogP contribution in [0.2, 0.25) is 0 Å². The molecule has 0 aromatic carbocycles. The van der Waals surface area contributed by atoms with Crippen molar-refractivity contribution in [2.75, 3.05) is 5.32 Å². The van der Waals surface area contributed by atoms with Crippen LogP contribution in [0.3, 0.4) is 0 Å². The maximum Gasteiger partial charge on any atom is 0.137 e. The van der Waals surface area contributed by atoms with Crippen LogP contribution in [0.1, 0.15) is 18.5 Å². The molecule has 4 nitrogen and oxygen atoms in total. The molecule has 3 heterocycles. The quantitative estimate of drug-likeness (QED) is 0.789. The molecule has 0 saturated carbocycles. The van der Waals surface area contributed by atoms with Crippen molar-refractivity contribution < 1.29 is 0 Å². The molecule has 96 valence electrons. The lowest BCUT2D eigenvalue weighted by Gasteiger charge is -2.14. The number of anilines is 1. The Balaban J connectivity index is 1.73. The van der Waals surface area contributed by atoms with Gasteiger partial charge in [0.1, 0.15) is 12.1 Å². The van der Waals surface area contributed by atoms with Crippen molar-refractivity contribution in [3.63, 3.8) is 0 Å². The van der Waals surface area contributed by atoms with Gasteiger partial charge in [0.25, 0.3) is 0 Å². The molecule has 19 heavy (non-hydrogen) atoms. The Labute approximate surface area is 115 Å². The molecule has 0 radical (unpaired) electrons. The first-order chi connectivity index (χ1) is 9.33. The molecule has 1 atom stereocenters. The lowest BCUT2D eigenvalue weighted by atomic mass is 10.2. The molecule has 0 fully saturated rings. The van der Waals surface area contributed by atoms with Gasteiger partial charge in [-0.2, -0.15) is 11.3 Å². The lowest BCUT2D eigenvalue weighted by molar-refractivity contribution is 0.886.